The summed E-state index contributed by atoms with van der Waals surface area (Å²) in [6.45, 7) is 4.14. The number of carbonyl (C=O) groups excluding carboxylic acids is 1. The minimum Gasteiger partial charge on any atom is -0.301 e. The third-order valence-corrected chi connectivity index (χ3v) is 6.96. The van der Waals surface area contributed by atoms with Crippen molar-refractivity contribution in [2.24, 2.45) is 0 Å². The number of fused-ring (bicyclic) bond motifs is 1. The number of thiazole rings is 2. The summed E-state index contributed by atoms with van der Waals surface area (Å²) in [4.78, 5) is 21.4. The Kier molecular flexibility index (Phi) is 5.24. The molecule has 0 atom stereocenters. The van der Waals surface area contributed by atoms with Crippen molar-refractivity contribution < 1.29 is 4.79 Å². The highest BCUT2D eigenvalue weighted by molar-refractivity contribution is 8.01. The SMILES string of the molecule is Cc1ccc(C)c(-c2csc(NC(=O)CSc3nc4ccccc4s3)n2)c1. The largest absolute Gasteiger partial charge is 0.301 e. The average Bonchev–Trinajstić information content (AvgIpc) is 3.28. The molecule has 4 rings (SSSR count). The first-order chi connectivity index (χ1) is 13.1. The molecular weight excluding hydrogens is 394 g/mol. The summed E-state index contributed by atoms with van der Waals surface area (Å²) in [5.74, 6) is 0.249. The van der Waals surface area contributed by atoms with Gasteiger partial charge in [-0.25, -0.2) is 9.97 Å². The van der Waals surface area contributed by atoms with E-state index in [4.69, 9.17) is 0 Å². The van der Waals surface area contributed by atoms with Gasteiger partial charge in [-0.15, -0.1) is 22.7 Å². The topological polar surface area (TPSA) is 54.9 Å². The highest BCUT2D eigenvalue weighted by Crippen LogP contribution is 2.30. The van der Waals surface area contributed by atoms with Crippen molar-refractivity contribution in [1.29, 1.82) is 0 Å². The van der Waals surface area contributed by atoms with E-state index in [1.807, 2.05) is 29.6 Å². The number of nitrogens with one attached hydrogen (secondary N) is 1. The minimum absolute atomic E-state index is 0.0684. The second-order valence-electron chi connectivity index (χ2n) is 6.14. The smallest absolute Gasteiger partial charge is 0.236 e. The second-order valence-corrected chi connectivity index (χ2v) is 9.25. The number of rotatable bonds is 5. The molecular formula is C20H17N3OS3. The van der Waals surface area contributed by atoms with Gasteiger partial charge in [0.2, 0.25) is 5.91 Å². The number of hydrogen-bond donors (Lipinski definition) is 1. The molecule has 0 bridgehead atoms. The van der Waals surface area contributed by atoms with Crippen LogP contribution in [0, 0.1) is 13.8 Å². The molecule has 0 fully saturated rings. The van der Waals surface area contributed by atoms with Gasteiger partial charge in [0.25, 0.3) is 0 Å². The van der Waals surface area contributed by atoms with Crippen LogP contribution in [-0.4, -0.2) is 21.6 Å². The Bertz CT molecular complexity index is 1080. The van der Waals surface area contributed by atoms with Gasteiger partial charge in [-0.3, -0.25) is 4.79 Å². The fraction of sp³-hybridized carbons (Fsp3) is 0.150. The molecule has 1 amide bonds. The van der Waals surface area contributed by atoms with E-state index in [1.165, 1.54) is 34.2 Å². The zero-order chi connectivity index (χ0) is 18.8. The number of benzene rings is 2. The average molecular weight is 412 g/mol. The van der Waals surface area contributed by atoms with Gasteiger partial charge in [0, 0.05) is 10.9 Å². The lowest BCUT2D eigenvalue weighted by Crippen LogP contribution is -2.13. The van der Waals surface area contributed by atoms with E-state index in [1.54, 1.807) is 11.3 Å². The minimum atomic E-state index is -0.0684. The number of hydrogen-bond acceptors (Lipinski definition) is 6. The Labute approximate surface area is 169 Å². The fourth-order valence-electron chi connectivity index (χ4n) is 2.66. The molecule has 2 heterocycles. The molecule has 136 valence electrons. The Balaban J connectivity index is 1.40. The number of thioether (sulfide) groups is 1. The maximum absolute atomic E-state index is 12.3. The maximum Gasteiger partial charge on any atom is 0.236 e. The molecule has 4 aromatic rings. The summed E-state index contributed by atoms with van der Waals surface area (Å²) in [6, 6.07) is 14.3. The predicted octanol–water partition coefficient (Wildman–Crippen LogP) is 5.77. The zero-order valence-electron chi connectivity index (χ0n) is 14.9. The van der Waals surface area contributed by atoms with Crippen molar-refractivity contribution in [2.45, 2.75) is 18.2 Å². The Morgan fingerprint density at radius 1 is 1.15 bits per heavy atom. The van der Waals surface area contributed by atoms with Crippen LogP contribution in [0.15, 0.2) is 52.2 Å². The number of carbonyl (C=O) groups is 1. The molecule has 0 spiro atoms. The Hall–Kier alpha value is -2.22. The lowest BCUT2D eigenvalue weighted by atomic mass is 10.0. The van der Waals surface area contributed by atoms with Crippen LogP contribution in [0.3, 0.4) is 0 Å². The first-order valence-corrected chi connectivity index (χ1v) is 11.1. The normalized spacial score (nSPS) is 11.0. The van der Waals surface area contributed by atoms with Crippen molar-refractivity contribution in [3.63, 3.8) is 0 Å². The van der Waals surface area contributed by atoms with E-state index in [0.29, 0.717) is 10.9 Å². The van der Waals surface area contributed by atoms with Gasteiger partial charge >= 0.3 is 0 Å². The lowest BCUT2D eigenvalue weighted by molar-refractivity contribution is -0.113. The van der Waals surface area contributed by atoms with Gasteiger partial charge in [0.05, 0.1) is 21.7 Å². The third kappa shape index (κ3) is 4.21. The van der Waals surface area contributed by atoms with E-state index in [2.05, 4.69) is 47.3 Å². The summed E-state index contributed by atoms with van der Waals surface area (Å²) in [5, 5.41) is 5.50. The van der Waals surface area contributed by atoms with E-state index < -0.39 is 0 Å². The standard InChI is InChI=1S/C20H17N3OS3/c1-12-7-8-13(2)14(9-12)16-10-25-19(21-16)23-18(24)11-26-20-22-15-5-3-4-6-17(15)27-20/h3-10H,11H2,1-2H3,(H,21,23,24). The first kappa shape index (κ1) is 18.2. The summed E-state index contributed by atoms with van der Waals surface area (Å²) >= 11 is 4.51. The van der Waals surface area contributed by atoms with E-state index >= 15 is 0 Å². The molecule has 2 aromatic heterocycles. The molecule has 2 aromatic carbocycles. The van der Waals surface area contributed by atoms with Crippen LogP contribution >= 0.6 is 34.4 Å². The molecule has 7 heteroatoms. The lowest BCUT2D eigenvalue weighted by Gasteiger charge is -2.04. The summed E-state index contributed by atoms with van der Waals surface area (Å²) in [7, 11) is 0. The van der Waals surface area contributed by atoms with E-state index in [9.17, 15) is 4.79 Å². The van der Waals surface area contributed by atoms with Gasteiger partial charge in [0.1, 0.15) is 0 Å². The molecule has 0 saturated heterocycles. The fourth-order valence-corrected chi connectivity index (χ4v) is 5.26. The quantitative estimate of drug-likeness (QED) is 0.424. The van der Waals surface area contributed by atoms with E-state index in [0.717, 1.165) is 25.8 Å². The number of para-hydroxylation sites is 1. The van der Waals surface area contributed by atoms with Crippen molar-refractivity contribution >= 4 is 55.7 Å². The summed E-state index contributed by atoms with van der Waals surface area (Å²) in [6.07, 6.45) is 0. The summed E-state index contributed by atoms with van der Waals surface area (Å²) < 4.78 is 2.04. The van der Waals surface area contributed by atoms with Crippen molar-refractivity contribution in [3.05, 3.63) is 59.0 Å². The molecule has 27 heavy (non-hydrogen) atoms. The van der Waals surface area contributed by atoms with E-state index in [-0.39, 0.29) is 5.91 Å². The molecule has 0 aliphatic rings. The molecule has 0 aliphatic carbocycles. The number of aryl methyl sites for hydroxylation is 2. The Morgan fingerprint density at radius 3 is 2.85 bits per heavy atom. The second kappa shape index (κ2) is 7.80. The van der Waals surface area contributed by atoms with Gasteiger partial charge < -0.3 is 5.32 Å². The summed E-state index contributed by atoms with van der Waals surface area (Å²) in [5.41, 5.74) is 5.35. The first-order valence-electron chi connectivity index (χ1n) is 8.40. The van der Waals surface area contributed by atoms with Crippen LogP contribution in [0.1, 0.15) is 11.1 Å². The highest BCUT2D eigenvalue weighted by atomic mass is 32.2. The van der Waals surface area contributed by atoms with Crippen molar-refractivity contribution in [1.82, 2.24) is 9.97 Å². The molecule has 0 radical (unpaired) electrons. The third-order valence-electron chi connectivity index (χ3n) is 4.02. The zero-order valence-corrected chi connectivity index (χ0v) is 17.3. The van der Waals surface area contributed by atoms with Gasteiger partial charge in [-0.1, -0.05) is 41.6 Å². The van der Waals surface area contributed by atoms with Crippen LogP contribution in [0.5, 0.6) is 0 Å². The monoisotopic (exact) mass is 411 g/mol. The number of amides is 1. The number of nitrogens with zero attached hydrogens (tertiary/aromatic N) is 2. The molecule has 0 unspecified atom stereocenters. The molecule has 0 aliphatic heterocycles. The van der Waals surface area contributed by atoms with Crippen molar-refractivity contribution in [3.8, 4) is 11.3 Å². The maximum atomic E-state index is 12.3. The molecule has 0 saturated carbocycles. The van der Waals surface area contributed by atoms with Gasteiger partial charge in [-0.2, -0.15) is 0 Å². The number of anilines is 1. The molecule has 1 N–H and O–H groups in total. The van der Waals surface area contributed by atoms with Crippen LogP contribution in [0.4, 0.5) is 5.13 Å². The highest BCUT2D eigenvalue weighted by Gasteiger charge is 2.12. The molecule has 4 nitrogen and oxygen atoms in total. The van der Waals surface area contributed by atoms with Crippen molar-refractivity contribution in [2.75, 3.05) is 11.1 Å². The van der Waals surface area contributed by atoms with Gasteiger partial charge in [-0.05, 0) is 37.6 Å². The van der Waals surface area contributed by atoms with Crippen LogP contribution in [-0.2, 0) is 4.79 Å². The van der Waals surface area contributed by atoms with Crippen LogP contribution in [0.25, 0.3) is 21.5 Å². The number of aromatic nitrogens is 2. The van der Waals surface area contributed by atoms with Gasteiger partial charge in [0.15, 0.2) is 9.47 Å². The van der Waals surface area contributed by atoms with Crippen LogP contribution in [0.2, 0.25) is 0 Å². The predicted molar refractivity (Wildman–Crippen MR) is 116 cm³/mol. The van der Waals surface area contributed by atoms with Crippen LogP contribution < -0.4 is 5.32 Å². The Morgan fingerprint density at radius 2 is 2.00 bits per heavy atom.